The van der Waals surface area contributed by atoms with Crippen molar-refractivity contribution < 1.29 is 18.7 Å². The molecule has 1 heterocycles. The highest BCUT2D eigenvalue weighted by Gasteiger charge is 2.19. The molecule has 2 unspecified atom stereocenters. The summed E-state index contributed by atoms with van der Waals surface area (Å²) >= 11 is 1.66. The van der Waals surface area contributed by atoms with Gasteiger partial charge in [-0.2, -0.15) is 0 Å². The monoisotopic (exact) mass is 339 g/mol. The second-order valence-corrected chi connectivity index (χ2v) is 6.44. The van der Waals surface area contributed by atoms with Gasteiger partial charge in [0, 0.05) is 11.3 Å². The largest absolute Gasteiger partial charge is 0.386 e. The normalized spacial score (nSPS) is 13.6. The van der Waals surface area contributed by atoms with Gasteiger partial charge in [0.15, 0.2) is 11.6 Å². The van der Waals surface area contributed by atoms with Crippen LogP contribution in [-0.2, 0) is 11.2 Å². The average Bonchev–Trinajstić information content (AvgIpc) is 3.02. The fourth-order valence-corrected chi connectivity index (χ4v) is 3.02. The summed E-state index contributed by atoms with van der Waals surface area (Å²) in [5.74, 6) is -2.15. The molecule has 2 N–H and O–H groups in total. The van der Waals surface area contributed by atoms with Crippen LogP contribution in [0.2, 0.25) is 0 Å². The van der Waals surface area contributed by atoms with E-state index in [-0.39, 0.29) is 11.5 Å². The summed E-state index contributed by atoms with van der Waals surface area (Å²) in [6.45, 7) is 1.63. The van der Waals surface area contributed by atoms with Crippen molar-refractivity contribution in [2.75, 3.05) is 0 Å². The van der Waals surface area contributed by atoms with Gasteiger partial charge < -0.3 is 10.4 Å². The maximum atomic E-state index is 13.2. The van der Waals surface area contributed by atoms with Gasteiger partial charge >= 0.3 is 0 Å². The summed E-state index contributed by atoms with van der Waals surface area (Å²) in [5.41, 5.74) is 0.232. The van der Waals surface area contributed by atoms with Gasteiger partial charge in [-0.1, -0.05) is 12.1 Å². The van der Waals surface area contributed by atoms with Crippen molar-refractivity contribution in [3.8, 4) is 0 Å². The zero-order valence-electron chi connectivity index (χ0n) is 12.8. The summed E-state index contributed by atoms with van der Waals surface area (Å²) in [7, 11) is 0. The lowest BCUT2D eigenvalue weighted by molar-refractivity contribution is -0.122. The Labute approximate surface area is 138 Å². The predicted molar refractivity (Wildman–Crippen MR) is 86.2 cm³/mol. The van der Waals surface area contributed by atoms with Crippen LogP contribution in [0.3, 0.4) is 0 Å². The van der Waals surface area contributed by atoms with Crippen molar-refractivity contribution >= 4 is 17.2 Å². The van der Waals surface area contributed by atoms with Crippen LogP contribution in [0.1, 0.15) is 36.3 Å². The van der Waals surface area contributed by atoms with Gasteiger partial charge in [-0.25, -0.2) is 8.78 Å². The Hall–Kier alpha value is -1.79. The molecular formula is C17H19F2NO2S. The van der Waals surface area contributed by atoms with E-state index in [1.807, 2.05) is 17.5 Å². The highest BCUT2D eigenvalue weighted by Crippen LogP contribution is 2.19. The molecule has 0 aliphatic rings. The summed E-state index contributed by atoms with van der Waals surface area (Å²) in [6.07, 6.45) is 0.824. The van der Waals surface area contributed by atoms with Gasteiger partial charge in [-0.3, -0.25) is 4.79 Å². The Kier molecular flexibility index (Phi) is 6.24. The highest BCUT2D eigenvalue weighted by molar-refractivity contribution is 7.09. The third-order valence-corrected chi connectivity index (χ3v) is 4.49. The second kappa shape index (κ2) is 8.17. The number of rotatable bonds is 7. The molecule has 0 aliphatic carbocycles. The van der Waals surface area contributed by atoms with E-state index < -0.39 is 23.8 Å². The van der Waals surface area contributed by atoms with E-state index in [0.717, 1.165) is 25.0 Å². The Morgan fingerprint density at radius 1 is 1.30 bits per heavy atom. The van der Waals surface area contributed by atoms with Crippen molar-refractivity contribution in [2.24, 2.45) is 0 Å². The number of benzene rings is 1. The summed E-state index contributed by atoms with van der Waals surface area (Å²) in [4.78, 5) is 13.1. The molecule has 2 aromatic rings. The number of aryl methyl sites for hydroxylation is 1. The Bertz CT molecular complexity index is 646. The van der Waals surface area contributed by atoms with Crippen LogP contribution in [0.4, 0.5) is 8.78 Å². The number of nitrogens with one attached hydrogen (secondary N) is 1. The standard InChI is InChI=1S/C17H19F2NO2S/c1-11(17(22)12-7-8-14(18)15(19)10-12)20-16(21)6-2-4-13-5-3-9-23-13/h3,5,7-11,17,22H,2,4,6H2,1H3,(H,20,21). The molecule has 3 nitrogen and oxygen atoms in total. The van der Waals surface area contributed by atoms with Crippen molar-refractivity contribution in [1.82, 2.24) is 5.32 Å². The van der Waals surface area contributed by atoms with Crippen molar-refractivity contribution in [3.05, 3.63) is 57.8 Å². The van der Waals surface area contributed by atoms with E-state index in [0.29, 0.717) is 6.42 Å². The minimum absolute atomic E-state index is 0.171. The number of carbonyl (C=O) groups excluding carboxylic acids is 1. The molecule has 1 aromatic carbocycles. The molecule has 124 valence electrons. The summed E-state index contributed by atoms with van der Waals surface area (Å²) in [5, 5.41) is 14.8. The number of thiophene rings is 1. The van der Waals surface area contributed by atoms with Gasteiger partial charge in [-0.15, -0.1) is 11.3 Å². The molecule has 0 aliphatic heterocycles. The number of hydrogen-bond donors (Lipinski definition) is 2. The third-order valence-electron chi connectivity index (χ3n) is 3.55. The zero-order valence-corrected chi connectivity index (χ0v) is 13.6. The molecular weight excluding hydrogens is 320 g/mol. The van der Waals surface area contributed by atoms with Crippen LogP contribution < -0.4 is 5.32 Å². The summed E-state index contributed by atoms with van der Waals surface area (Å²) < 4.78 is 26.1. The van der Waals surface area contributed by atoms with E-state index >= 15 is 0 Å². The molecule has 0 bridgehead atoms. The van der Waals surface area contributed by atoms with Crippen LogP contribution in [0, 0.1) is 11.6 Å². The number of halogens is 2. The number of amides is 1. The van der Waals surface area contributed by atoms with Gasteiger partial charge in [-0.05, 0) is 48.9 Å². The second-order valence-electron chi connectivity index (χ2n) is 5.41. The molecule has 0 fully saturated rings. The Morgan fingerprint density at radius 2 is 2.09 bits per heavy atom. The molecule has 1 amide bonds. The van der Waals surface area contributed by atoms with E-state index in [2.05, 4.69) is 5.32 Å². The molecule has 0 radical (unpaired) electrons. The molecule has 2 rings (SSSR count). The lowest BCUT2D eigenvalue weighted by atomic mass is 10.0. The van der Waals surface area contributed by atoms with E-state index in [1.165, 1.54) is 10.9 Å². The van der Waals surface area contributed by atoms with Crippen molar-refractivity contribution in [3.63, 3.8) is 0 Å². The van der Waals surface area contributed by atoms with Crippen LogP contribution in [0.5, 0.6) is 0 Å². The first kappa shape index (κ1) is 17.6. The summed E-state index contributed by atoms with van der Waals surface area (Å²) in [6, 6.07) is 6.62. The first-order valence-electron chi connectivity index (χ1n) is 7.42. The fraction of sp³-hybridized carbons (Fsp3) is 0.353. The van der Waals surface area contributed by atoms with E-state index in [1.54, 1.807) is 18.3 Å². The van der Waals surface area contributed by atoms with Crippen LogP contribution in [-0.4, -0.2) is 17.1 Å². The maximum Gasteiger partial charge on any atom is 0.220 e. The average molecular weight is 339 g/mol. The Balaban J connectivity index is 1.81. The van der Waals surface area contributed by atoms with E-state index in [4.69, 9.17) is 0 Å². The molecule has 0 saturated carbocycles. The number of hydrogen-bond acceptors (Lipinski definition) is 3. The van der Waals surface area contributed by atoms with Gasteiger partial charge in [0.1, 0.15) is 0 Å². The highest BCUT2D eigenvalue weighted by atomic mass is 32.1. The van der Waals surface area contributed by atoms with Gasteiger partial charge in [0.05, 0.1) is 12.1 Å². The minimum atomic E-state index is -1.09. The van der Waals surface area contributed by atoms with Crippen LogP contribution in [0.15, 0.2) is 35.7 Å². The lowest BCUT2D eigenvalue weighted by Gasteiger charge is -2.20. The predicted octanol–water partition coefficient (Wildman–Crippen LogP) is 3.59. The molecule has 1 aromatic heterocycles. The first-order valence-corrected chi connectivity index (χ1v) is 8.30. The maximum absolute atomic E-state index is 13.2. The van der Waals surface area contributed by atoms with Crippen molar-refractivity contribution in [1.29, 1.82) is 0 Å². The fourth-order valence-electron chi connectivity index (χ4n) is 2.27. The molecule has 6 heteroatoms. The quantitative estimate of drug-likeness (QED) is 0.810. The lowest BCUT2D eigenvalue weighted by Crippen LogP contribution is -2.37. The number of aliphatic hydroxyl groups is 1. The molecule has 2 atom stereocenters. The Morgan fingerprint density at radius 3 is 2.74 bits per heavy atom. The van der Waals surface area contributed by atoms with Crippen molar-refractivity contribution in [2.45, 2.75) is 38.3 Å². The molecule has 0 saturated heterocycles. The smallest absolute Gasteiger partial charge is 0.220 e. The number of aliphatic hydroxyl groups excluding tert-OH is 1. The topological polar surface area (TPSA) is 49.3 Å². The van der Waals surface area contributed by atoms with Gasteiger partial charge in [0.25, 0.3) is 0 Å². The minimum Gasteiger partial charge on any atom is -0.386 e. The third kappa shape index (κ3) is 5.11. The van der Waals surface area contributed by atoms with E-state index in [9.17, 15) is 18.7 Å². The molecule has 23 heavy (non-hydrogen) atoms. The SMILES string of the molecule is CC(NC(=O)CCCc1cccs1)C(O)c1ccc(F)c(F)c1. The number of carbonyl (C=O) groups is 1. The molecule has 0 spiro atoms. The van der Waals surface area contributed by atoms with Crippen LogP contribution in [0.25, 0.3) is 0 Å². The zero-order chi connectivity index (χ0) is 16.8. The van der Waals surface area contributed by atoms with Crippen LogP contribution >= 0.6 is 11.3 Å². The van der Waals surface area contributed by atoms with Gasteiger partial charge in [0.2, 0.25) is 5.91 Å². The first-order chi connectivity index (χ1) is 11.0.